The standard InChI is InChI=1S/C15H23NO3S/c1-10-3-4-12-13(9-20-14(12)7-10)15(18)16-11(5-6-17)8-19-2/h9-11,17H,3-8H2,1-2H3,(H,16,18). The average molecular weight is 297 g/mol. The second-order valence-corrected chi connectivity index (χ2v) is 6.50. The van der Waals surface area contributed by atoms with E-state index in [1.54, 1.807) is 18.4 Å². The van der Waals surface area contributed by atoms with Gasteiger partial charge in [0.05, 0.1) is 18.2 Å². The van der Waals surface area contributed by atoms with Gasteiger partial charge in [0.25, 0.3) is 5.91 Å². The first-order chi connectivity index (χ1) is 9.65. The van der Waals surface area contributed by atoms with Crippen molar-refractivity contribution in [2.45, 2.75) is 38.6 Å². The van der Waals surface area contributed by atoms with Crippen molar-refractivity contribution in [3.05, 3.63) is 21.4 Å². The molecule has 0 fully saturated rings. The van der Waals surface area contributed by atoms with Gasteiger partial charge < -0.3 is 15.2 Å². The van der Waals surface area contributed by atoms with E-state index >= 15 is 0 Å². The van der Waals surface area contributed by atoms with Crippen molar-refractivity contribution in [3.8, 4) is 0 Å². The van der Waals surface area contributed by atoms with Gasteiger partial charge in [0.2, 0.25) is 0 Å². The fraction of sp³-hybridized carbons (Fsp3) is 0.667. The van der Waals surface area contributed by atoms with Crippen molar-refractivity contribution >= 4 is 17.2 Å². The minimum Gasteiger partial charge on any atom is -0.396 e. The summed E-state index contributed by atoms with van der Waals surface area (Å²) in [6.07, 6.45) is 3.76. The molecule has 2 N–H and O–H groups in total. The third-order valence-corrected chi connectivity index (χ3v) is 4.88. The predicted octanol–water partition coefficient (Wildman–Crippen LogP) is 2.00. The molecule has 2 unspecified atom stereocenters. The largest absolute Gasteiger partial charge is 0.396 e. The van der Waals surface area contributed by atoms with Crippen LogP contribution < -0.4 is 5.32 Å². The molecule has 0 aromatic carbocycles. The second kappa shape index (κ2) is 7.20. The summed E-state index contributed by atoms with van der Waals surface area (Å²) in [6, 6.07) is -0.129. The van der Waals surface area contributed by atoms with Gasteiger partial charge in [-0.05, 0) is 37.2 Å². The molecule has 4 nitrogen and oxygen atoms in total. The number of ether oxygens (including phenoxy) is 1. The fourth-order valence-electron chi connectivity index (χ4n) is 2.69. The van der Waals surface area contributed by atoms with E-state index in [-0.39, 0.29) is 18.6 Å². The average Bonchev–Trinajstić information content (AvgIpc) is 2.82. The zero-order valence-electron chi connectivity index (χ0n) is 12.1. The highest BCUT2D eigenvalue weighted by atomic mass is 32.1. The molecule has 1 aromatic heterocycles. The quantitative estimate of drug-likeness (QED) is 0.844. The highest BCUT2D eigenvalue weighted by molar-refractivity contribution is 7.10. The summed E-state index contributed by atoms with van der Waals surface area (Å²) in [7, 11) is 1.60. The van der Waals surface area contributed by atoms with Gasteiger partial charge in [-0.1, -0.05) is 6.92 Å². The predicted molar refractivity (Wildman–Crippen MR) is 80.3 cm³/mol. The van der Waals surface area contributed by atoms with Crippen LogP contribution in [-0.4, -0.2) is 37.4 Å². The second-order valence-electron chi connectivity index (χ2n) is 5.54. The number of carbonyl (C=O) groups is 1. The smallest absolute Gasteiger partial charge is 0.252 e. The van der Waals surface area contributed by atoms with Crippen molar-refractivity contribution in [1.82, 2.24) is 5.32 Å². The molecule has 0 aliphatic heterocycles. The number of hydrogen-bond donors (Lipinski definition) is 2. The van der Waals surface area contributed by atoms with E-state index < -0.39 is 0 Å². The molecule has 0 radical (unpaired) electrons. The monoisotopic (exact) mass is 297 g/mol. The van der Waals surface area contributed by atoms with Crippen LogP contribution in [0.4, 0.5) is 0 Å². The minimum absolute atomic E-state index is 0.0347. The number of thiophene rings is 1. The lowest BCUT2D eigenvalue weighted by atomic mass is 9.88. The molecule has 1 aliphatic carbocycles. The number of fused-ring (bicyclic) bond motifs is 1. The summed E-state index contributed by atoms with van der Waals surface area (Å²) < 4.78 is 5.08. The third kappa shape index (κ3) is 3.59. The van der Waals surface area contributed by atoms with Crippen molar-refractivity contribution in [3.63, 3.8) is 0 Å². The SMILES string of the molecule is COCC(CCO)NC(=O)c1csc2c1CCC(C)C2. The van der Waals surface area contributed by atoms with Gasteiger partial charge in [-0.15, -0.1) is 11.3 Å². The van der Waals surface area contributed by atoms with E-state index in [0.29, 0.717) is 18.9 Å². The molecule has 2 rings (SSSR count). The summed E-state index contributed by atoms with van der Waals surface area (Å²) in [5.74, 6) is 0.681. The highest BCUT2D eigenvalue weighted by Crippen LogP contribution is 2.32. The van der Waals surface area contributed by atoms with E-state index in [1.165, 1.54) is 10.4 Å². The molecule has 5 heteroatoms. The molecule has 0 bridgehead atoms. The normalized spacial score (nSPS) is 19.4. The zero-order valence-corrected chi connectivity index (χ0v) is 13.0. The molecule has 1 amide bonds. The van der Waals surface area contributed by atoms with Crippen molar-refractivity contribution in [2.24, 2.45) is 5.92 Å². The number of methoxy groups -OCH3 is 1. The first kappa shape index (κ1) is 15.5. The van der Waals surface area contributed by atoms with Crippen LogP contribution in [0.25, 0.3) is 0 Å². The lowest BCUT2D eigenvalue weighted by Gasteiger charge is -2.20. The third-order valence-electron chi connectivity index (χ3n) is 3.83. The minimum atomic E-state index is -0.129. The zero-order chi connectivity index (χ0) is 14.5. The first-order valence-electron chi connectivity index (χ1n) is 7.15. The van der Waals surface area contributed by atoms with Crippen LogP contribution in [0.2, 0.25) is 0 Å². The number of nitrogens with one attached hydrogen (secondary N) is 1. The number of rotatable bonds is 6. The molecule has 20 heavy (non-hydrogen) atoms. The Kier molecular flexibility index (Phi) is 5.57. The van der Waals surface area contributed by atoms with Gasteiger partial charge in [0, 0.05) is 24.0 Å². The molecule has 1 heterocycles. The van der Waals surface area contributed by atoms with Crippen molar-refractivity contribution < 1.29 is 14.6 Å². The molecular formula is C15H23NO3S. The Hall–Kier alpha value is -0.910. The highest BCUT2D eigenvalue weighted by Gasteiger charge is 2.24. The Morgan fingerprint density at radius 3 is 3.15 bits per heavy atom. The molecule has 0 spiro atoms. The Labute approximate surface area is 124 Å². The van der Waals surface area contributed by atoms with Crippen LogP contribution in [0.5, 0.6) is 0 Å². The fourth-order valence-corrected chi connectivity index (χ4v) is 3.93. The van der Waals surface area contributed by atoms with Crippen LogP contribution in [-0.2, 0) is 17.6 Å². The molecule has 1 aromatic rings. The van der Waals surface area contributed by atoms with Crippen LogP contribution in [0.1, 0.15) is 40.6 Å². The van der Waals surface area contributed by atoms with Gasteiger partial charge in [-0.3, -0.25) is 4.79 Å². The number of hydrogen-bond acceptors (Lipinski definition) is 4. The lowest BCUT2D eigenvalue weighted by molar-refractivity contribution is 0.0878. The van der Waals surface area contributed by atoms with Gasteiger partial charge in [0.15, 0.2) is 0 Å². The molecule has 2 atom stereocenters. The lowest BCUT2D eigenvalue weighted by Crippen LogP contribution is -2.39. The van der Waals surface area contributed by atoms with Gasteiger partial charge in [-0.2, -0.15) is 0 Å². The Balaban J connectivity index is 2.06. The number of aliphatic hydroxyl groups is 1. The summed E-state index contributed by atoms with van der Waals surface area (Å²) in [5.41, 5.74) is 2.04. The number of aliphatic hydroxyl groups excluding tert-OH is 1. The van der Waals surface area contributed by atoms with Crippen molar-refractivity contribution in [2.75, 3.05) is 20.3 Å². The molecular weight excluding hydrogens is 274 g/mol. The van der Waals surface area contributed by atoms with Crippen LogP contribution >= 0.6 is 11.3 Å². The van der Waals surface area contributed by atoms with Crippen LogP contribution in [0.15, 0.2) is 5.38 Å². The number of amides is 1. The van der Waals surface area contributed by atoms with E-state index in [9.17, 15) is 4.79 Å². The van der Waals surface area contributed by atoms with E-state index in [1.807, 2.05) is 5.38 Å². The molecule has 112 valence electrons. The van der Waals surface area contributed by atoms with Gasteiger partial charge in [0.1, 0.15) is 0 Å². The summed E-state index contributed by atoms with van der Waals surface area (Å²) in [5, 5.41) is 14.0. The Morgan fingerprint density at radius 2 is 2.45 bits per heavy atom. The Morgan fingerprint density at radius 1 is 1.65 bits per heavy atom. The molecule has 1 aliphatic rings. The topological polar surface area (TPSA) is 58.6 Å². The van der Waals surface area contributed by atoms with E-state index in [0.717, 1.165) is 24.8 Å². The van der Waals surface area contributed by atoms with Gasteiger partial charge >= 0.3 is 0 Å². The number of carbonyl (C=O) groups excluding carboxylic acids is 1. The van der Waals surface area contributed by atoms with E-state index in [2.05, 4.69) is 12.2 Å². The maximum absolute atomic E-state index is 12.4. The maximum Gasteiger partial charge on any atom is 0.252 e. The maximum atomic E-state index is 12.4. The Bertz CT molecular complexity index is 452. The first-order valence-corrected chi connectivity index (χ1v) is 8.03. The van der Waals surface area contributed by atoms with Crippen molar-refractivity contribution in [1.29, 1.82) is 0 Å². The van der Waals surface area contributed by atoms with Crippen LogP contribution in [0, 0.1) is 5.92 Å². The summed E-state index contributed by atoms with van der Waals surface area (Å²) >= 11 is 1.70. The molecule has 0 saturated carbocycles. The van der Waals surface area contributed by atoms with E-state index in [4.69, 9.17) is 9.84 Å². The van der Waals surface area contributed by atoms with Crippen LogP contribution in [0.3, 0.4) is 0 Å². The summed E-state index contributed by atoms with van der Waals surface area (Å²) in [6.45, 7) is 2.74. The summed E-state index contributed by atoms with van der Waals surface area (Å²) in [4.78, 5) is 13.7. The van der Waals surface area contributed by atoms with Gasteiger partial charge in [-0.25, -0.2) is 0 Å². The molecule has 0 saturated heterocycles.